The van der Waals surface area contributed by atoms with E-state index in [1.165, 1.54) is 23.1 Å². The number of hydrogen-bond acceptors (Lipinski definition) is 2. The molecule has 1 spiro atoms. The highest BCUT2D eigenvalue weighted by atomic mass is 19.4. The number of piperidine rings is 1. The van der Waals surface area contributed by atoms with Crippen molar-refractivity contribution in [2.24, 2.45) is 0 Å². The number of halogens is 3. The van der Waals surface area contributed by atoms with E-state index in [0.717, 1.165) is 23.1 Å². The lowest BCUT2D eigenvalue weighted by Gasteiger charge is -2.46. The third-order valence-electron chi connectivity index (χ3n) is 6.14. The van der Waals surface area contributed by atoms with E-state index in [9.17, 15) is 18.0 Å². The van der Waals surface area contributed by atoms with E-state index in [4.69, 9.17) is 0 Å². The average molecular weight is 411 g/mol. The molecule has 2 aliphatic heterocycles. The van der Waals surface area contributed by atoms with Crippen LogP contribution in [0.3, 0.4) is 0 Å². The van der Waals surface area contributed by atoms with Crippen molar-refractivity contribution in [2.45, 2.75) is 24.6 Å². The first kappa shape index (κ1) is 18.8. The number of benzene rings is 2. The predicted octanol–water partition coefficient (Wildman–Crippen LogP) is 5.05. The van der Waals surface area contributed by atoms with Gasteiger partial charge in [0.15, 0.2) is 0 Å². The SMILES string of the molecule is O=C(c1ccccc1C(F)(F)F)N1CCC2(CC1)Nc1ccccc1-n1cccc12. The van der Waals surface area contributed by atoms with E-state index in [1.54, 1.807) is 0 Å². The second-order valence-electron chi connectivity index (χ2n) is 7.82. The molecule has 3 heterocycles. The van der Waals surface area contributed by atoms with E-state index in [-0.39, 0.29) is 11.1 Å². The number of amides is 1. The van der Waals surface area contributed by atoms with Crippen LogP contribution in [0.4, 0.5) is 18.9 Å². The van der Waals surface area contributed by atoms with Crippen molar-refractivity contribution in [3.05, 3.63) is 83.7 Å². The second-order valence-corrected chi connectivity index (χ2v) is 7.82. The third-order valence-corrected chi connectivity index (χ3v) is 6.14. The monoisotopic (exact) mass is 411 g/mol. The maximum absolute atomic E-state index is 13.3. The quantitative estimate of drug-likeness (QED) is 0.608. The van der Waals surface area contributed by atoms with E-state index >= 15 is 0 Å². The molecule has 1 amide bonds. The van der Waals surface area contributed by atoms with Crippen LogP contribution in [-0.2, 0) is 11.7 Å². The van der Waals surface area contributed by atoms with Crippen molar-refractivity contribution in [3.63, 3.8) is 0 Å². The summed E-state index contributed by atoms with van der Waals surface area (Å²) in [5.74, 6) is -0.565. The van der Waals surface area contributed by atoms with Crippen molar-refractivity contribution < 1.29 is 18.0 Å². The normalized spacial score (nSPS) is 17.2. The first-order chi connectivity index (χ1) is 14.4. The van der Waals surface area contributed by atoms with Gasteiger partial charge in [-0.25, -0.2) is 0 Å². The zero-order valence-electron chi connectivity index (χ0n) is 16.1. The molecule has 1 saturated heterocycles. The minimum absolute atomic E-state index is 0.286. The molecule has 7 heteroatoms. The van der Waals surface area contributed by atoms with Crippen molar-refractivity contribution in [3.8, 4) is 5.69 Å². The number of nitrogens with one attached hydrogen (secondary N) is 1. The molecule has 154 valence electrons. The molecule has 0 atom stereocenters. The number of anilines is 1. The summed E-state index contributed by atoms with van der Waals surface area (Å²) < 4.78 is 42.2. The average Bonchev–Trinajstić information content (AvgIpc) is 3.25. The Kier molecular flexibility index (Phi) is 4.17. The zero-order chi connectivity index (χ0) is 20.9. The molecule has 2 aliphatic rings. The fourth-order valence-corrected chi connectivity index (χ4v) is 4.65. The molecule has 0 bridgehead atoms. The fraction of sp³-hybridized carbons (Fsp3) is 0.261. The third kappa shape index (κ3) is 2.88. The number of aromatic nitrogens is 1. The molecule has 0 saturated carbocycles. The van der Waals surface area contributed by atoms with Crippen LogP contribution >= 0.6 is 0 Å². The molecule has 0 unspecified atom stereocenters. The van der Waals surface area contributed by atoms with Gasteiger partial charge in [-0.1, -0.05) is 24.3 Å². The van der Waals surface area contributed by atoms with Crippen LogP contribution in [0.15, 0.2) is 66.9 Å². The van der Waals surface area contributed by atoms with Gasteiger partial charge in [-0.3, -0.25) is 4.79 Å². The Balaban J connectivity index is 1.41. The molecule has 1 N–H and O–H groups in total. The first-order valence-corrected chi connectivity index (χ1v) is 9.90. The largest absolute Gasteiger partial charge is 0.417 e. The van der Waals surface area contributed by atoms with Crippen LogP contribution in [0, 0.1) is 0 Å². The number of carbonyl (C=O) groups excluding carboxylic acids is 1. The second kappa shape index (κ2) is 6.65. The predicted molar refractivity (Wildman–Crippen MR) is 108 cm³/mol. The molecule has 1 fully saturated rings. The number of nitrogens with zero attached hydrogens (tertiary/aromatic N) is 2. The summed E-state index contributed by atoms with van der Waals surface area (Å²) in [6.45, 7) is 0.761. The van der Waals surface area contributed by atoms with Crippen molar-refractivity contribution >= 4 is 11.6 Å². The number of fused-ring (bicyclic) bond motifs is 4. The number of hydrogen-bond donors (Lipinski definition) is 1. The Bertz CT molecular complexity index is 1110. The van der Waals surface area contributed by atoms with Crippen molar-refractivity contribution in [1.82, 2.24) is 9.47 Å². The maximum atomic E-state index is 13.3. The van der Waals surface area contributed by atoms with Gasteiger partial charge in [0.25, 0.3) is 5.91 Å². The summed E-state index contributed by atoms with van der Waals surface area (Å²) in [6.07, 6.45) is -1.30. The number of alkyl halides is 3. The molecule has 1 aromatic heterocycles. The van der Waals surface area contributed by atoms with Crippen LogP contribution in [-0.4, -0.2) is 28.5 Å². The van der Waals surface area contributed by atoms with Gasteiger partial charge in [0.1, 0.15) is 0 Å². The van der Waals surface area contributed by atoms with Crippen LogP contribution in [0.25, 0.3) is 5.69 Å². The molecule has 3 aromatic rings. The number of para-hydroxylation sites is 2. The Morgan fingerprint density at radius 1 is 0.933 bits per heavy atom. The Hall–Kier alpha value is -3.22. The highest BCUT2D eigenvalue weighted by Gasteiger charge is 2.43. The van der Waals surface area contributed by atoms with Crippen LogP contribution in [0.1, 0.15) is 34.5 Å². The van der Waals surface area contributed by atoms with Crippen LogP contribution in [0.5, 0.6) is 0 Å². The highest BCUT2D eigenvalue weighted by Crippen LogP contribution is 2.43. The Morgan fingerprint density at radius 2 is 1.63 bits per heavy atom. The fourth-order valence-electron chi connectivity index (χ4n) is 4.65. The van der Waals surface area contributed by atoms with Crippen molar-refractivity contribution in [2.75, 3.05) is 18.4 Å². The standard InChI is InChI=1S/C23H20F3N3O/c24-23(25,26)17-7-2-1-6-16(17)21(30)28-14-11-22(12-15-28)20-10-5-13-29(20)19-9-4-3-8-18(19)27-22/h1-10,13,27H,11-12,14-15H2. The molecule has 0 radical (unpaired) electrons. The van der Waals surface area contributed by atoms with E-state index in [1.807, 2.05) is 36.5 Å². The van der Waals surface area contributed by atoms with Gasteiger partial charge in [0, 0.05) is 25.0 Å². The van der Waals surface area contributed by atoms with Gasteiger partial charge in [0.2, 0.25) is 0 Å². The molecule has 2 aromatic carbocycles. The molecular formula is C23H20F3N3O. The van der Waals surface area contributed by atoms with Gasteiger partial charge in [-0.05, 0) is 49.2 Å². The van der Waals surface area contributed by atoms with E-state index in [0.29, 0.717) is 25.9 Å². The van der Waals surface area contributed by atoms with Gasteiger partial charge < -0.3 is 14.8 Å². The van der Waals surface area contributed by atoms with Crippen LogP contribution < -0.4 is 5.32 Å². The number of rotatable bonds is 1. The van der Waals surface area contributed by atoms with Gasteiger partial charge in [-0.2, -0.15) is 13.2 Å². The minimum atomic E-state index is -4.56. The smallest absolute Gasteiger partial charge is 0.372 e. The molecule has 4 nitrogen and oxygen atoms in total. The zero-order valence-corrected chi connectivity index (χ0v) is 16.1. The summed E-state index contributed by atoms with van der Waals surface area (Å²) in [5.41, 5.74) is 1.69. The van der Waals surface area contributed by atoms with E-state index in [2.05, 4.69) is 16.0 Å². The molecule has 30 heavy (non-hydrogen) atoms. The van der Waals surface area contributed by atoms with Gasteiger partial charge in [-0.15, -0.1) is 0 Å². The lowest BCUT2D eigenvalue weighted by molar-refractivity contribution is -0.138. The highest BCUT2D eigenvalue weighted by molar-refractivity contribution is 5.96. The number of carbonyl (C=O) groups is 1. The lowest BCUT2D eigenvalue weighted by Crippen LogP contribution is -2.51. The van der Waals surface area contributed by atoms with Gasteiger partial charge in [0.05, 0.1) is 28.0 Å². The lowest BCUT2D eigenvalue weighted by atomic mass is 9.82. The van der Waals surface area contributed by atoms with Crippen LogP contribution in [0.2, 0.25) is 0 Å². The summed E-state index contributed by atoms with van der Waals surface area (Å²) in [7, 11) is 0. The Morgan fingerprint density at radius 3 is 2.40 bits per heavy atom. The van der Waals surface area contributed by atoms with Crippen molar-refractivity contribution in [1.29, 1.82) is 0 Å². The Labute approximate surface area is 171 Å². The minimum Gasteiger partial charge on any atom is -0.372 e. The first-order valence-electron chi connectivity index (χ1n) is 9.90. The summed E-state index contributed by atoms with van der Waals surface area (Å²) >= 11 is 0. The molecular weight excluding hydrogens is 391 g/mol. The topological polar surface area (TPSA) is 37.3 Å². The number of likely N-dealkylation sites (tertiary alicyclic amines) is 1. The summed E-state index contributed by atoms with van der Waals surface area (Å²) in [5, 5.41) is 3.65. The molecule has 5 rings (SSSR count). The summed E-state index contributed by atoms with van der Waals surface area (Å²) in [4.78, 5) is 14.5. The van der Waals surface area contributed by atoms with Gasteiger partial charge >= 0.3 is 6.18 Å². The molecule has 0 aliphatic carbocycles. The maximum Gasteiger partial charge on any atom is 0.417 e. The summed E-state index contributed by atoms with van der Waals surface area (Å²) in [6, 6.07) is 17.1. The van der Waals surface area contributed by atoms with E-state index < -0.39 is 17.6 Å².